The molecule has 0 aromatic heterocycles. The Hall–Kier alpha value is -2.26. The van der Waals surface area contributed by atoms with Crippen LogP contribution in [-0.4, -0.2) is 50.7 Å². The lowest BCUT2D eigenvalue weighted by Gasteiger charge is -2.36. The normalized spacial score (nSPS) is 15.5. The molecule has 26 heavy (non-hydrogen) atoms. The first-order chi connectivity index (χ1) is 12.5. The van der Waals surface area contributed by atoms with E-state index in [1.165, 1.54) is 12.8 Å². The number of nitrogens with one attached hydrogen (secondary N) is 1. The number of rotatable bonds is 9. The molecule has 142 valence electrons. The second-order valence-electron chi connectivity index (χ2n) is 7.03. The standard InChI is InChI=1S/C20H29N3O3/c1-23(2)20(10-4-5-11-20)15-22-19(24)7-6-12-26-17-9-8-16(14-21)13-18(17)25-3/h8-9,13H,4-7,10-12,15H2,1-3H3,(H,22,24). The quantitative estimate of drug-likeness (QED) is 0.686. The van der Waals surface area contributed by atoms with Gasteiger partial charge in [0, 0.05) is 24.6 Å². The lowest BCUT2D eigenvalue weighted by atomic mass is 9.96. The number of nitrogens with zero attached hydrogens (tertiary/aromatic N) is 2. The van der Waals surface area contributed by atoms with E-state index >= 15 is 0 Å². The lowest BCUT2D eigenvalue weighted by Crippen LogP contribution is -2.50. The minimum absolute atomic E-state index is 0.0634. The van der Waals surface area contributed by atoms with Crippen molar-refractivity contribution in [3.8, 4) is 17.6 Å². The summed E-state index contributed by atoms with van der Waals surface area (Å²) in [5.41, 5.74) is 0.637. The maximum atomic E-state index is 12.1. The van der Waals surface area contributed by atoms with Crippen molar-refractivity contribution in [1.82, 2.24) is 10.2 Å². The van der Waals surface area contributed by atoms with Crippen molar-refractivity contribution in [1.29, 1.82) is 5.26 Å². The van der Waals surface area contributed by atoms with E-state index in [-0.39, 0.29) is 11.4 Å². The predicted molar refractivity (Wildman–Crippen MR) is 100 cm³/mol. The molecule has 0 aliphatic heterocycles. The smallest absolute Gasteiger partial charge is 0.220 e. The van der Waals surface area contributed by atoms with Gasteiger partial charge in [-0.1, -0.05) is 12.8 Å². The van der Waals surface area contributed by atoms with Crippen LogP contribution >= 0.6 is 0 Å². The van der Waals surface area contributed by atoms with E-state index in [1.807, 2.05) is 0 Å². The van der Waals surface area contributed by atoms with Crippen molar-refractivity contribution in [3.63, 3.8) is 0 Å². The molecule has 1 aromatic rings. The van der Waals surface area contributed by atoms with Crippen LogP contribution < -0.4 is 14.8 Å². The zero-order valence-electron chi connectivity index (χ0n) is 16.0. The molecular formula is C20H29N3O3. The Morgan fingerprint density at radius 3 is 2.65 bits per heavy atom. The third kappa shape index (κ3) is 5.12. The summed E-state index contributed by atoms with van der Waals surface area (Å²) in [6.45, 7) is 1.14. The number of carbonyl (C=O) groups excluding carboxylic acids is 1. The molecule has 1 amide bonds. The number of hydrogen-bond donors (Lipinski definition) is 1. The highest BCUT2D eigenvalue weighted by Crippen LogP contribution is 2.33. The molecule has 0 atom stereocenters. The molecule has 1 saturated carbocycles. The number of amides is 1. The average molecular weight is 359 g/mol. The summed E-state index contributed by atoms with van der Waals surface area (Å²) in [6.07, 6.45) is 5.80. The van der Waals surface area contributed by atoms with Crippen molar-refractivity contribution in [2.24, 2.45) is 0 Å². The van der Waals surface area contributed by atoms with Crippen molar-refractivity contribution in [3.05, 3.63) is 23.8 Å². The SMILES string of the molecule is COc1cc(C#N)ccc1OCCCC(=O)NCC1(N(C)C)CCCC1. The Morgan fingerprint density at radius 1 is 1.31 bits per heavy atom. The molecule has 1 fully saturated rings. The largest absolute Gasteiger partial charge is 0.493 e. The van der Waals surface area contributed by atoms with Gasteiger partial charge in [0.05, 0.1) is 25.3 Å². The zero-order valence-corrected chi connectivity index (χ0v) is 16.0. The monoisotopic (exact) mass is 359 g/mol. The van der Waals surface area contributed by atoms with E-state index in [2.05, 4.69) is 30.4 Å². The fourth-order valence-electron chi connectivity index (χ4n) is 3.44. The van der Waals surface area contributed by atoms with Gasteiger partial charge >= 0.3 is 0 Å². The van der Waals surface area contributed by atoms with Gasteiger partial charge in [0.25, 0.3) is 0 Å². The van der Waals surface area contributed by atoms with E-state index in [0.29, 0.717) is 43.1 Å². The number of methoxy groups -OCH3 is 1. The van der Waals surface area contributed by atoms with Gasteiger partial charge in [0.1, 0.15) is 0 Å². The molecule has 2 rings (SSSR count). The minimum atomic E-state index is 0.0634. The van der Waals surface area contributed by atoms with Crippen LogP contribution in [0.5, 0.6) is 11.5 Å². The van der Waals surface area contributed by atoms with Gasteiger partial charge < -0.3 is 19.7 Å². The molecule has 0 radical (unpaired) electrons. The number of benzene rings is 1. The number of likely N-dealkylation sites (N-methyl/N-ethyl adjacent to an activating group) is 1. The predicted octanol–water partition coefficient (Wildman–Crippen LogP) is 2.72. The molecular weight excluding hydrogens is 330 g/mol. The fraction of sp³-hybridized carbons (Fsp3) is 0.600. The summed E-state index contributed by atoms with van der Waals surface area (Å²) in [5, 5.41) is 12.0. The van der Waals surface area contributed by atoms with Crippen LogP contribution in [0.25, 0.3) is 0 Å². The summed E-state index contributed by atoms with van der Waals surface area (Å²) < 4.78 is 10.9. The molecule has 0 bridgehead atoms. The molecule has 1 aliphatic carbocycles. The topological polar surface area (TPSA) is 74.6 Å². The van der Waals surface area contributed by atoms with Crippen LogP contribution in [0, 0.1) is 11.3 Å². The van der Waals surface area contributed by atoms with Crippen LogP contribution in [0.4, 0.5) is 0 Å². The van der Waals surface area contributed by atoms with Gasteiger partial charge in [0.15, 0.2) is 11.5 Å². The van der Waals surface area contributed by atoms with Gasteiger partial charge in [-0.2, -0.15) is 5.26 Å². The number of ether oxygens (including phenoxy) is 2. The summed E-state index contributed by atoms with van der Waals surface area (Å²) in [6, 6.07) is 7.12. The van der Waals surface area contributed by atoms with Crippen LogP contribution in [0.1, 0.15) is 44.1 Å². The Kier molecular flexibility index (Phi) is 7.28. The van der Waals surface area contributed by atoms with Crippen LogP contribution in [0.3, 0.4) is 0 Å². The van der Waals surface area contributed by atoms with Crippen molar-refractivity contribution in [2.75, 3.05) is 34.4 Å². The highest BCUT2D eigenvalue weighted by Gasteiger charge is 2.35. The van der Waals surface area contributed by atoms with Gasteiger partial charge in [-0.05, 0) is 45.5 Å². The van der Waals surface area contributed by atoms with Crippen LogP contribution in [-0.2, 0) is 4.79 Å². The molecule has 1 aliphatic rings. The second kappa shape index (κ2) is 9.44. The molecule has 1 N–H and O–H groups in total. The fourth-order valence-corrected chi connectivity index (χ4v) is 3.44. The first kappa shape index (κ1) is 20.1. The van der Waals surface area contributed by atoms with Crippen molar-refractivity contribution < 1.29 is 14.3 Å². The number of hydrogen-bond acceptors (Lipinski definition) is 5. The van der Waals surface area contributed by atoms with Crippen LogP contribution in [0.15, 0.2) is 18.2 Å². The highest BCUT2D eigenvalue weighted by molar-refractivity contribution is 5.75. The first-order valence-electron chi connectivity index (χ1n) is 9.16. The van der Waals surface area contributed by atoms with Gasteiger partial charge in [-0.15, -0.1) is 0 Å². The summed E-state index contributed by atoms with van der Waals surface area (Å²) in [7, 11) is 5.73. The summed E-state index contributed by atoms with van der Waals surface area (Å²) in [4.78, 5) is 14.4. The van der Waals surface area contributed by atoms with Crippen LogP contribution in [0.2, 0.25) is 0 Å². The zero-order chi connectivity index (χ0) is 19.0. The lowest BCUT2D eigenvalue weighted by molar-refractivity contribution is -0.121. The van der Waals surface area contributed by atoms with E-state index in [9.17, 15) is 4.79 Å². The third-order valence-electron chi connectivity index (χ3n) is 5.20. The third-order valence-corrected chi connectivity index (χ3v) is 5.20. The maximum absolute atomic E-state index is 12.1. The second-order valence-corrected chi connectivity index (χ2v) is 7.03. The van der Waals surface area contributed by atoms with E-state index in [1.54, 1.807) is 25.3 Å². The van der Waals surface area contributed by atoms with Gasteiger partial charge in [0.2, 0.25) is 5.91 Å². The number of nitriles is 1. The Balaban J connectivity index is 1.73. The van der Waals surface area contributed by atoms with Gasteiger partial charge in [-0.25, -0.2) is 0 Å². The molecule has 6 heteroatoms. The van der Waals surface area contributed by atoms with E-state index < -0.39 is 0 Å². The Morgan fingerprint density at radius 2 is 2.04 bits per heavy atom. The summed E-state index contributed by atoms with van der Waals surface area (Å²) in [5.74, 6) is 1.18. The molecule has 1 aromatic carbocycles. The Labute approximate surface area is 156 Å². The van der Waals surface area contributed by atoms with E-state index in [4.69, 9.17) is 14.7 Å². The number of carbonyl (C=O) groups is 1. The minimum Gasteiger partial charge on any atom is -0.493 e. The highest BCUT2D eigenvalue weighted by atomic mass is 16.5. The van der Waals surface area contributed by atoms with Gasteiger partial charge in [-0.3, -0.25) is 4.79 Å². The molecule has 0 spiro atoms. The molecule has 0 saturated heterocycles. The average Bonchev–Trinajstić information content (AvgIpc) is 3.14. The molecule has 0 heterocycles. The van der Waals surface area contributed by atoms with Crippen molar-refractivity contribution >= 4 is 5.91 Å². The van der Waals surface area contributed by atoms with Crippen molar-refractivity contribution in [2.45, 2.75) is 44.1 Å². The molecule has 0 unspecified atom stereocenters. The Bertz CT molecular complexity index is 646. The first-order valence-corrected chi connectivity index (χ1v) is 9.16. The maximum Gasteiger partial charge on any atom is 0.220 e. The molecule has 6 nitrogen and oxygen atoms in total. The van der Waals surface area contributed by atoms with E-state index in [0.717, 1.165) is 12.8 Å². The summed E-state index contributed by atoms with van der Waals surface area (Å²) >= 11 is 0.